The summed E-state index contributed by atoms with van der Waals surface area (Å²) in [6.45, 7) is 5.49. The van der Waals surface area contributed by atoms with Crippen molar-refractivity contribution in [1.82, 2.24) is 9.29 Å². The lowest BCUT2D eigenvalue weighted by Gasteiger charge is -2.26. The van der Waals surface area contributed by atoms with Crippen molar-refractivity contribution in [3.8, 4) is 17.5 Å². The van der Waals surface area contributed by atoms with Gasteiger partial charge in [0, 0.05) is 25.2 Å². The zero-order valence-corrected chi connectivity index (χ0v) is 14.8. The number of nitriles is 1. The lowest BCUT2D eigenvalue weighted by atomic mass is 10.2. The maximum absolute atomic E-state index is 12.6. The molecule has 1 aromatic carbocycles. The van der Waals surface area contributed by atoms with E-state index in [1.54, 1.807) is 18.2 Å². The highest BCUT2D eigenvalue weighted by Gasteiger charge is 2.26. The standard InChI is InChI=1S/C17H18N4O4S/c1-2-7-19-17-15(12-18)20-16(25-17)13-3-5-14(6-4-13)26(22,23)21-8-10-24-11-9-21/h2-6,19H,1,7-11H2. The zero-order valence-electron chi connectivity index (χ0n) is 14.0. The fraction of sp³-hybridized carbons (Fsp3) is 0.294. The van der Waals surface area contributed by atoms with Crippen molar-refractivity contribution in [1.29, 1.82) is 5.26 Å². The van der Waals surface area contributed by atoms with Crippen LogP contribution in [0.1, 0.15) is 5.69 Å². The minimum atomic E-state index is -3.55. The second-order valence-corrected chi connectivity index (χ2v) is 7.46. The minimum absolute atomic E-state index is 0.131. The van der Waals surface area contributed by atoms with E-state index in [1.165, 1.54) is 16.4 Å². The van der Waals surface area contributed by atoms with Crippen LogP contribution >= 0.6 is 0 Å². The maximum atomic E-state index is 12.6. The van der Waals surface area contributed by atoms with E-state index in [2.05, 4.69) is 16.9 Å². The first kappa shape index (κ1) is 18.1. The molecule has 0 atom stereocenters. The Labute approximate surface area is 151 Å². The van der Waals surface area contributed by atoms with Gasteiger partial charge in [-0.2, -0.15) is 14.6 Å². The van der Waals surface area contributed by atoms with Crippen molar-refractivity contribution in [3.05, 3.63) is 42.6 Å². The fourth-order valence-electron chi connectivity index (χ4n) is 2.51. The van der Waals surface area contributed by atoms with Crippen molar-refractivity contribution >= 4 is 15.9 Å². The van der Waals surface area contributed by atoms with Gasteiger partial charge in [0.2, 0.25) is 27.5 Å². The third-order valence-electron chi connectivity index (χ3n) is 3.85. The van der Waals surface area contributed by atoms with Crippen LogP contribution < -0.4 is 5.32 Å². The molecule has 0 spiro atoms. The van der Waals surface area contributed by atoms with Gasteiger partial charge < -0.3 is 14.5 Å². The molecule has 26 heavy (non-hydrogen) atoms. The Morgan fingerprint density at radius 1 is 1.31 bits per heavy atom. The quantitative estimate of drug-likeness (QED) is 0.768. The minimum Gasteiger partial charge on any atom is -0.419 e. The molecule has 1 aliphatic rings. The van der Waals surface area contributed by atoms with Crippen LogP contribution in [-0.4, -0.2) is 50.6 Å². The Morgan fingerprint density at radius 2 is 2.00 bits per heavy atom. The van der Waals surface area contributed by atoms with Crippen LogP contribution in [0.2, 0.25) is 0 Å². The summed E-state index contributed by atoms with van der Waals surface area (Å²) in [5.41, 5.74) is 0.709. The summed E-state index contributed by atoms with van der Waals surface area (Å²) < 4.78 is 37.4. The van der Waals surface area contributed by atoms with Gasteiger partial charge >= 0.3 is 0 Å². The van der Waals surface area contributed by atoms with E-state index in [0.29, 0.717) is 38.4 Å². The summed E-state index contributed by atoms with van der Waals surface area (Å²) >= 11 is 0. The second-order valence-electron chi connectivity index (χ2n) is 5.52. The van der Waals surface area contributed by atoms with Crippen LogP contribution in [0.15, 0.2) is 46.2 Å². The van der Waals surface area contributed by atoms with Gasteiger partial charge in [-0.15, -0.1) is 6.58 Å². The molecule has 1 aliphatic heterocycles. The molecule has 1 saturated heterocycles. The third kappa shape index (κ3) is 3.62. The van der Waals surface area contributed by atoms with Crippen LogP contribution in [0.4, 0.5) is 5.88 Å². The predicted molar refractivity (Wildman–Crippen MR) is 94.9 cm³/mol. The molecule has 0 aliphatic carbocycles. The van der Waals surface area contributed by atoms with E-state index in [4.69, 9.17) is 14.4 Å². The van der Waals surface area contributed by atoms with Crippen LogP contribution in [-0.2, 0) is 14.8 Å². The number of rotatable bonds is 6. The van der Waals surface area contributed by atoms with E-state index in [1.807, 2.05) is 6.07 Å². The largest absolute Gasteiger partial charge is 0.419 e. The zero-order chi connectivity index (χ0) is 18.6. The first-order valence-corrected chi connectivity index (χ1v) is 9.44. The van der Waals surface area contributed by atoms with Crippen molar-refractivity contribution in [2.75, 3.05) is 38.2 Å². The highest BCUT2D eigenvalue weighted by atomic mass is 32.2. The summed E-state index contributed by atoms with van der Waals surface area (Å²) in [6.07, 6.45) is 1.63. The van der Waals surface area contributed by atoms with Crippen LogP contribution in [0.3, 0.4) is 0 Å². The summed E-state index contributed by atoms with van der Waals surface area (Å²) in [7, 11) is -3.55. The number of oxazole rings is 1. The number of ether oxygens (including phenoxy) is 1. The normalized spacial score (nSPS) is 15.3. The molecule has 0 saturated carbocycles. The lowest BCUT2D eigenvalue weighted by molar-refractivity contribution is 0.0730. The number of hydrogen-bond donors (Lipinski definition) is 1. The van der Waals surface area contributed by atoms with Gasteiger partial charge in [-0.25, -0.2) is 8.42 Å². The SMILES string of the molecule is C=CCNc1oc(-c2ccc(S(=O)(=O)N3CCOCC3)cc2)nc1C#N. The molecule has 0 radical (unpaired) electrons. The molecule has 2 heterocycles. The molecule has 136 valence electrons. The van der Waals surface area contributed by atoms with E-state index in [-0.39, 0.29) is 22.4 Å². The molecule has 9 heteroatoms. The first-order chi connectivity index (χ1) is 12.6. The molecule has 0 unspecified atom stereocenters. The van der Waals surface area contributed by atoms with Crippen molar-refractivity contribution in [2.45, 2.75) is 4.90 Å². The van der Waals surface area contributed by atoms with Crippen LogP contribution in [0, 0.1) is 11.3 Å². The molecular formula is C17H18N4O4S. The van der Waals surface area contributed by atoms with Gasteiger partial charge in [-0.1, -0.05) is 6.08 Å². The molecular weight excluding hydrogens is 356 g/mol. The number of hydrogen-bond acceptors (Lipinski definition) is 7. The second kappa shape index (κ2) is 7.70. The van der Waals surface area contributed by atoms with Gasteiger partial charge in [-0.3, -0.25) is 0 Å². The van der Waals surface area contributed by atoms with Crippen LogP contribution in [0.5, 0.6) is 0 Å². The van der Waals surface area contributed by atoms with Gasteiger partial charge in [0.05, 0.1) is 18.1 Å². The molecule has 1 aromatic heterocycles. The number of nitrogens with zero attached hydrogens (tertiary/aromatic N) is 3. The Morgan fingerprint density at radius 3 is 2.62 bits per heavy atom. The Kier molecular flexibility index (Phi) is 5.37. The van der Waals surface area contributed by atoms with Crippen molar-refractivity contribution < 1.29 is 17.6 Å². The number of morpholine rings is 1. The lowest BCUT2D eigenvalue weighted by Crippen LogP contribution is -2.40. The molecule has 0 amide bonds. The molecule has 1 fully saturated rings. The van der Waals surface area contributed by atoms with Gasteiger partial charge in [-0.05, 0) is 24.3 Å². The number of sulfonamides is 1. The van der Waals surface area contributed by atoms with Crippen LogP contribution in [0.25, 0.3) is 11.5 Å². The average Bonchev–Trinajstić information content (AvgIpc) is 3.10. The van der Waals surface area contributed by atoms with E-state index < -0.39 is 10.0 Å². The first-order valence-electron chi connectivity index (χ1n) is 8.00. The molecule has 8 nitrogen and oxygen atoms in total. The summed E-state index contributed by atoms with van der Waals surface area (Å²) in [4.78, 5) is 4.33. The number of anilines is 1. The van der Waals surface area contributed by atoms with Crippen molar-refractivity contribution in [2.24, 2.45) is 0 Å². The van der Waals surface area contributed by atoms with Gasteiger partial charge in [0.1, 0.15) is 6.07 Å². The summed E-state index contributed by atoms with van der Waals surface area (Å²) in [6, 6.07) is 8.19. The summed E-state index contributed by atoms with van der Waals surface area (Å²) in [5.74, 6) is 0.496. The topological polar surface area (TPSA) is 108 Å². The van der Waals surface area contributed by atoms with Gasteiger partial charge in [0.25, 0.3) is 0 Å². The highest BCUT2D eigenvalue weighted by molar-refractivity contribution is 7.89. The number of nitrogens with one attached hydrogen (secondary N) is 1. The Hall–Kier alpha value is -2.67. The molecule has 0 bridgehead atoms. The van der Waals surface area contributed by atoms with Crippen molar-refractivity contribution in [3.63, 3.8) is 0 Å². The average molecular weight is 374 g/mol. The van der Waals surface area contributed by atoms with Gasteiger partial charge in [0.15, 0.2) is 0 Å². The molecule has 3 rings (SSSR count). The Balaban J connectivity index is 1.84. The highest BCUT2D eigenvalue weighted by Crippen LogP contribution is 2.27. The number of benzene rings is 1. The molecule has 1 N–H and O–H groups in total. The summed E-state index contributed by atoms with van der Waals surface area (Å²) in [5, 5.41) is 12.0. The fourth-order valence-corrected chi connectivity index (χ4v) is 3.92. The van der Waals surface area contributed by atoms with E-state index in [0.717, 1.165) is 0 Å². The predicted octanol–water partition coefficient (Wildman–Crippen LogP) is 1.83. The Bertz CT molecular complexity index is 923. The molecule has 2 aromatic rings. The monoisotopic (exact) mass is 374 g/mol. The smallest absolute Gasteiger partial charge is 0.243 e. The van der Waals surface area contributed by atoms with E-state index >= 15 is 0 Å². The van der Waals surface area contributed by atoms with E-state index in [9.17, 15) is 8.42 Å². The third-order valence-corrected chi connectivity index (χ3v) is 5.76. The maximum Gasteiger partial charge on any atom is 0.243 e. The number of aromatic nitrogens is 1.